The molecule has 1 atom stereocenters. The van der Waals surface area contributed by atoms with Gasteiger partial charge in [0.05, 0.1) is 17.6 Å². The Morgan fingerprint density at radius 2 is 1.95 bits per heavy atom. The second-order valence-corrected chi connectivity index (χ2v) is 7.19. The Hall–Kier alpha value is -0.920. The normalized spacial score (nSPS) is 22.5. The molecule has 1 fully saturated rings. The van der Waals surface area contributed by atoms with E-state index in [2.05, 4.69) is 40.8 Å². The number of aliphatic hydroxyl groups excluding tert-OH is 1. The van der Waals surface area contributed by atoms with Crippen LogP contribution in [0.25, 0.3) is 0 Å². The lowest BCUT2D eigenvalue weighted by atomic mass is 9.62. The van der Waals surface area contributed by atoms with Crippen LogP contribution in [-0.4, -0.2) is 10.1 Å². The predicted molar refractivity (Wildman–Crippen MR) is 77.2 cm³/mol. The van der Waals surface area contributed by atoms with Gasteiger partial charge in [-0.2, -0.15) is 5.26 Å². The van der Waals surface area contributed by atoms with Gasteiger partial charge >= 0.3 is 0 Å². The highest BCUT2D eigenvalue weighted by atomic mass is 79.9. The third kappa shape index (κ3) is 2.98. The van der Waals surface area contributed by atoms with Crippen LogP contribution < -0.4 is 0 Å². The summed E-state index contributed by atoms with van der Waals surface area (Å²) in [5.41, 5.74) is 0.323. The number of pyridine rings is 1. The average molecular weight is 323 g/mol. The van der Waals surface area contributed by atoms with E-state index in [9.17, 15) is 10.4 Å². The molecule has 0 bridgehead atoms. The Morgan fingerprint density at radius 1 is 1.32 bits per heavy atom. The molecule has 0 radical (unpaired) electrons. The Bertz CT molecular complexity index is 497. The Labute approximate surface area is 122 Å². The van der Waals surface area contributed by atoms with Crippen LogP contribution in [0.2, 0.25) is 0 Å². The van der Waals surface area contributed by atoms with E-state index >= 15 is 0 Å². The summed E-state index contributed by atoms with van der Waals surface area (Å²) in [6, 6.07) is 4.22. The molecule has 1 aromatic rings. The molecule has 1 unspecified atom stereocenters. The molecule has 19 heavy (non-hydrogen) atoms. The fourth-order valence-electron chi connectivity index (χ4n) is 2.72. The number of aromatic nitrogens is 1. The van der Waals surface area contributed by atoms with Gasteiger partial charge in [0.15, 0.2) is 0 Å². The van der Waals surface area contributed by atoms with Gasteiger partial charge in [-0.3, -0.25) is 4.98 Å². The molecular formula is C15H19BrN2O. The average Bonchev–Trinajstić information content (AvgIpc) is 2.39. The zero-order valence-electron chi connectivity index (χ0n) is 11.4. The fourth-order valence-corrected chi connectivity index (χ4v) is 3.10. The van der Waals surface area contributed by atoms with E-state index in [0.717, 1.165) is 35.7 Å². The summed E-state index contributed by atoms with van der Waals surface area (Å²) in [5, 5.41) is 20.2. The molecule has 0 amide bonds. The monoisotopic (exact) mass is 322 g/mol. The van der Waals surface area contributed by atoms with Crippen LogP contribution in [0.4, 0.5) is 0 Å². The minimum absolute atomic E-state index is 0.273. The van der Waals surface area contributed by atoms with E-state index in [1.807, 2.05) is 6.07 Å². The predicted octanol–water partition coefficient (Wildman–Crippen LogP) is 3.99. The van der Waals surface area contributed by atoms with Crippen molar-refractivity contribution in [1.29, 1.82) is 5.26 Å². The molecule has 1 aliphatic rings. The summed E-state index contributed by atoms with van der Waals surface area (Å²) in [7, 11) is 0. The molecule has 0 aliphatic heterocycles. The van der Waals surface area contributed by atoms with Crippen molar-refractivity contribution >= 4 is 15.9 Å². The second-order valence-electron chi connectivity index (χ2n) is 6.27. The third-order valence-electron chi connectivity index (χ3n) is 4.28. The lowest BCUT2D eigenvalue weighted by Crippen LogP contribution is -2.35. The number of hydrogen-bond donors (Lipinski definition) is 1. The van der Waals surface area contributed by atoms with E-state index < -0.39 is 11.5 Å². The van der Waals surface area contributed by atoms with Gasteiger partial charge in [-0.1, -0.05) is 13.8 Å². The summed E-state index contributed by atoms with van der Waals surface area (Å²) >= 11 is 3.36. The summed E-state index contributed by atoms with van der Waals surface area (Å²) in [6.45, 7) is 4.45. The first-order valence-corrected chi connectivity index (χ1v) is 7.38. The Kier molecular flexibility index (Phi) is 3.98. The largest absolute Gasteiger partial charge is 0.387 e. The highest BCUT2D eigenvalue weighted by Crippen LogP contribution is 2.50. The van der Waals surface area contributed by atoms with Gasteiger partial charge in [-0.25, -0.2) is 0 Å². The molecule has 0 spiro atoms. The zero-order valence-corrected chi connectivity index (χ0v) is 12.9. The van der Waals surface area contributed by atoms with Crippen molar-refractivity contribution in [2.24, 2.45) is 10.8 Å². The topological polar surface area (TPSA) is 56.9 Å². The number of nitriles is 1. The smallest absolute Gasteiger partial charge is 0.0991 e. The van der Waals surface area contributed by atoms with Crippen LogP contribution in [0.1, 0.15) is 51.2 Å². The molecule has 1 aromatic heterocycles. The van der Waals surface area contributed by atoms with Gasteiger partial charge in [-0.15, -0.1) is 0 Å². The molecular weight excluding hydrogens is 304 g/mol. The first kappa shape index (κ1) is 14.5. The number of halogens is 1. The molecule has 4 heteroatoms. The molecule has 1 aliphatic carbocycles. The van der Waals surface area contributed by atoms with Crippen LogP contribution >= 0.6 is 15.9 Å². The van der Waals surface area contributed by atoms with Gasteiger partial charge in [-0.05, 0) is 53.1 Å². The van der Waals surface area contributed by atoms with E-state index in [0.29, 0.717) is 0 Å². The lowest BCUT2D eigenvalue weighted by Gasteiger charge is -2.41. The van der Waals surface area contributed by atoms with Gasteiger partial charge in [0.2, 0.25) is 0 Å². The van der Waals surface area contributed by atoms with E-state index in [4.69, 9.17) is 0 Å². The molecule has 2 rings (SSSR count). The van der Waals surface area contributed by atoms with Crippen molar-refractivity contribution in [2.75, 3.05) is 0 Å². The molecule has 102 valence electrons. The van der Waals surface area contributed by atoms with E-state index in [-0.39, 0.29) is 5.41 Å². The summed E-state index contributed by atoms with van der Waals surface area (Å²) in [4.78, 5) is 4.08. The molecule has 0 aromatic carbocycles. The molecule has 1 saturated carbocycles. The van der Waals surface area contributed by atoms with Crippen molar-refractivity contribution in [3.05, 3.63) is 28.5 Å². The van der Waals surface area contributed by atoms with Gasteiger partial charge in [0.25, 0.3) is 0 Å². The fraction of sp³-hybridized carbons (Fsp3) is 0.600. The van der Waals surface area contributed by atoms with Crippen LogP contribution in [0.15, 0.2) is 22.9 Å². The first-order chi connectivity index (χ1) is 8.88. The molecule has 1 N–H and O–H groups in total. The number of aliphatic hydroxyl groups is 1. The minimum atomic E-state index is -0.765. The van der Waals surface area contributed by atoms with Crippen LogP contribution in [-0.2, 0) is 0 Å². The highest BCUT2D eigenvalue weighted by Gasteiger charge is 2.44. The van der Waals surface area contributed by atoms with Crippen molar-refractivity contribution in [2.45, 2.75) is 45.6 Å². The van der Waals surface area contributed by atoms with Crippen molar-refractivity contribution < 1.29 is 5.11 Å². The maximum atomic E-state index is 10.6. The van der Waals surface area contributed by atoms with Gasteiger partial charge in [0.1, 0.15) is 0 Å². The van der Waals surface area contributed by atoms with Crippen LogP contribution in [0, 0.1) is 22.2 Å². The first-order valence-electron chi connectivity index (χ1n) is 6.58. The number of rotatable bonds is 2. The standard InChI is InChI=1S/C15H19BrN2O/c1-14(2)3-5-15(10-17,6-4-14)13(19)11-7-12(16)9-18-8-11/h7-9,13,19H,3-6H2,1-2H3. The summed E-state index contributed by atoms with van der Waals surface area (Å²) < 4.78 is 0.827. The zero-order chi connectivity index (χ0) is 14.1. The van der Waals surface area contributed by atoms with Crippen LogP contribution in [0.3, 0.4) is 0 Å². The molecule has 3 nitrogen and oxygen atoms in total. The minimum Gasteiger partial charge on any atom is -0.387 e. The number of hydrogen-bond acceptors (Lipinski definition) is 3. The summed E-state index contributed by atoms with van der Waals surface area (Å²) in [6.07, 6.45) is 5.98. The van der Waals surface area contributed by atoms with E-state index in [1.54, 1.807) is 12.4 Å². The van der Waals surface area contributed by atoms with Crippen molar-refractivity contribution in [1.82, 2.24) is 4.98 Å². The summed E-state index contributed by atoms with van der Waals surface area (Å²) in [5.74, 6) is 0. The lowest BCUT2D eigenvalue weighted by molar-refractivity contribution is 0.00933. The van der Waals surface area contributed by atoms with Gasteiger partial charge in [0, 0.05) is 22.4 Å². The maximum Gasteiger partial charge on any atom is 0.0991 e. The second kappa shape index (κ2) is 5.22. The number of nitrogens with zero attached hydrogens (tertiary/aromatic N) is 2. The maximum absolute atomic E-state index is 10.6. The highest BCUT2D eigenvalue weighted by molar-refractivity contribution is 9.10. The van der Waals surface area contributed by atoms with Gasteiger partial charge < -0.3 is 5.11 Å². The third-order valence-corrected chi connectivity index (χ3v) is 4.72. The quantitative estimate of drug-likeness (QED) is 0.895. The Balaban J connectivity index is 2.26. The van der Waals surface area contributed by atoms with Crippen LogP contribution in [0.5, 0.6) is 0 Å². The Morgan fingerprint density at radius 3 is 2.47 bits per heavy atom. The molecule has 1 heterocycles. The van der Waals surface area contributed by atoms with E-state index in [1.165, 1.54) is 0 Å². The van der Waals surface area contributed by atoms with Crippen molar-refractivity contribution in [3.63, 3.8) is 0 Å². The SMILES string of the molecule is CC1(C)CCC(C#N)(C(O)c2cncc(Br)c2)CC1. The van der Waals surface area contributed by atoms with Crippen molar-refractivity contribution in [3.8, 4) is 6.07 Å². The molecule has 0 saturated heterocycles.